The Bertz CT molecular complexity index is 892. The summed E-state index contributed by atoms with van der Waals surface area (Å²) < 4.78 is 64.1. The van der Waals surface area contributed by atoms with E-state index in [1.807, 2.05) is 0 Å². The first-order valence-electron chi connectivity index (χ1n) is 8.63. The average molecular weight is 415 g/mol. The molecule has 1 aliphatic heterocycles. The van der Waals surface area contributed by atoms with Gasteiger partial charge in [0.25, 0.3) is 6.43 Å². The molecule has 1 saturated heterocycles. The van der Waals surface area contributed by atoms with Crippen molar-refractivity contribution in [1.29, 1.82) is 5.41 Å². The number of allylic oxidation sites excluding steroid dienone is 1. The predicted octanol–water partition coefficient (Wildman–Crippen LogP) is 2.88. The van der Waals surface area contributed by atoms with Gasteiger partial charge in [0.05, 0.1) is 29.2 Å². The van der Waals surface area contributed by atoms with Crippen LogP contribution in [0, 0.1) is 11.3 Å². The summed E-state index contributed by atoms with van der Waals surface area (Å²) in [7, 11) is 0. The summed E-state index contributed by atoms with van der Waals surface area (Å²) in [5.41, 5.74) is 5.74. The molecule has 7 nitrogen and oxygen atoms in total. The van der Waals surface area contributed by atoms with Crippen molar-refractivity contribution in [3.63, 3.8) is 0 Å². The predicted molar refractivity (Wildman–Crippen MR) is 96.7 cm³/mol. The quantitative estimate of drug-likeness (QED) is 0.514. The molecule has 1 fully saturated rings. The molecule has 0 bridgehead atoms. The number of aromatic nitrogens is 4. The number of aromatic amines is 1. The lowest BCUT2D eigenvalue weighted by molar-refractivity contribution is -0.177. The Labute approximate surface area is 162 Å². The molecule has 0 radical (unpaired) electrons. The first-order valence-corrected chi connectivity index (χ1v) is 8.63. The Balaban J connectivity index is 1.79. The molecular formula is C17H18F5N7. The lowest BCUT2D eigenvalue weighted by atomic mass is 9.94. The van der Waals surface area contributed by atoms with Crippen molar-refractivity contribution in [1.82, 2.24) is 19.9 Å². The zero-order valence-corrected chi connectivity index (χ0v) is 15.0. The van der Waals surface area contributed by atoms with Gasteiger partial charge in [-0.2, -0.15) is 13.2 Å². The van der Waals surface area contributed by atoms with Gasteiger partial charge in [-0.05, 0) is 18.6 Å². The van der Waals surface area contributed by atoms with Crippen LogP contribution in [0.25, 0.3) is 17.5 Å². The van der Waals surface area contributed by atoms with Gasteiger partial charge in [-0.25, -0.2) is 23.7 Å². The summed E-state index contributed by atoms with van der Waals surface area (Å²) >= 11 is 0. The fourth-order valence-corrected chi connectivity index (χ4v) is 3.02. The first kappa shape index (κ1) is 20.8. The lowest BCUT2D eigenvalue weighted by Crippen LogP contribution is -2.51. The third-order valence-corrected chi connectivity index (χ3v) is 4.45. The molecule has 2 atom stereocenters. The maximum Gasteiger partial charge on any atom is 0.393 e. The fraction of sp³-hybridized carbons (Fsp3) is 0.412. The number of H-pyrrole nitrogens is 1. The topological polar surface area (TPSA) is 108 Å². The molecule has 0 saturated carbocycles. The molecular weight excluding hydrogens is 397 g/mol. The summed E-state index contributed by atoms with van der Waals surface area (Å²) in [6, 6.07) is 0.871. The zero-order chi connectivity index (χ0) is 21.2. The zero-order valence-electron chi connectivity index (χ0n) is 15.0. The minimum atomic E-state index is -4.34. The molecule has 156 valence electrons. The van der Waals surface area contributed by atoms with E-state index in [2.05, 4.69) is 19.9 Å². The normalized spacial score (nSPS) is 20.6. The van der Waals surface area contributed by atoms with Crippen LogP contribution in [0.5, 0.6) is 0 Å². The number of nitrogens with one attached hydrogen (secondary N) is 2. The Morgan fingerprint density at radius 1 is 1.28 bits per heavy atom. The maximum absolute atomic E-state index is 13.1. The van der Waals surface area contributed by atoms with Gasteiger partial charge in [0, 0.05) is 25.2 Å². The van der Waals surface area contributed by atoms with E-state index in [9.17, 15) is 22.0 Å². The summed E-state index contributed by atoms with van der Waals surface area (Å²) in [4.78, 5) is 16.4. The highest BCUT2D eigenvalue weighted by Gasteiger charge is 2.44. The third-order valence-electron chi connectivity index (χ3n) is 4.45. The summed E-state index contributed by atoms with van der Waals surface area (Å²) in [5.74, 6) is -1.02. The molecule has 3 rings (SSSR count). The highest BCUT2D eigenvalue weighted by molar-refractivity contribution is 5.97. The molecule has 0 amide bonds. The average Bonchev–Trinajstić information content (AvgIpc) is 3.14. The number of anilines is 1. The van der Waals surface area contributed by atoms with E-state index >= 15 is 0 Å². The number of piperidine rings is 1. The van der Waals surface area contributed by atoms with E-state index in [4.69, 9.17) is 11.1 Å². The largest absolute Gasteiger partial charge is 0.393 e. The molecule has 29 heavy (non-hydrogen) atoms. The van der Waals surface area contributed by atoms with Gasteiger partial charge >= 0.3 is 6.18 Å². The minimum absolute atomic E-state index is 0.137. The minimum Gasteiger partial charge on any atom is -0.354 e. The summed E-state index contributed by atoms with van der Waals surface area (Å²) in [6.07, 6.45) is -2.61. The van der Waals surface area contributed by atoms with Crippen molar-refractivity contribution in [2.75, 3.05) is 18.0 Å². The molecule has 4 N–H and O–H groups in total. The molecule has 2 aromatic rings. The van der Waals surface area contributed by atoms with Gasteiger partial charge in [-0.1, -0.05) is 0 Å². The lowest BCUT2D eigenvalue weighted by Gasteiger charge is -2.37. The molecule has 0 spiro atoms. The van der Waals surface area contributed by atoms with Crippen molar-refractivity contribution in [3.05, 3.63) is 30.5 Å². The Hall–Kier alpha value is -2.89. The van der Waals surface area contributed by atoms with Crippen LogP contribution in [0.1, 0.15) is 12.2 Å². The highest BCUT2D eigenvalue weighted by Crippen LogP contribution is 2.34. The second kappa shape index (κ2) is 8.23. The van der Waals surface area contributed by atoms with Crippen molar-refractivity contribution >= 4 is 17.6 Å². The highest BCUT2D eigenvalue weighted by atomic mass is 19.4. The standard InChI is InChI=1S/C17H18F5N7/c18-16(19)11(24)1-2-14-25-5-13(28-14)12-4-15(27-8-26-12)29-6-9(17(20,21)22)3-10(23)7-29/h1-2,4-5,8-10,16,24H,3,6-7,23H2,(H,25,28)/b2-1-,24-11?. The number of hydrogen-bond donors (Lipinski definition) is 3. The monoisotopic (exact) mass is 415 g/mol. The van der Waals surface area contributed by atoms with Gasteiger partial charge < -0.3 is 15.6 Å². The van der Waals surface area contributed by atoms with Gasteiger partial charge in [-0.15, -0.1) is 0 Å². The van der Waals surface area contributed by atoms with Crippen molar-refractivity contribution < 1.29 is 22.0 Å². The molecule has 12 heteroatoms. The molecule has 1 aliphatic rings. The van der Waals surface area contributed by atoms with Crippen LogP contribution in [0.3, 0.4) is 0 Å². The number of rotatable bonds is 5. The van der Waals surface area contributed by atoms with Crippen LogP contribution in [0.2, 0.25) is 0 Å². The van der Waals surface area contributed by atoms with Gasteiger partial charge in [0.1, 0.15) is 18.0 Å². The molecule has 3 heterocycles. The third kappa shape index (κ3) is 5.13. The molecule has 2 unspecified atom stereocenters. The Morgan fingerprint density at radius 2 is 2.03 bits per heavy atom. The summed E-state index contributed by atoms with van der Waals surface area (Å²) in [5, 5.41) is 7.09. The second-order valence-corrected chi connectivity index (χ2v) is 6.67. The SMILES string of the molecule is N=C(/C=C\c1ncc(-c2cc(N3CC(N)CC(C(F)(F)F)C3)ncn2)[nH]1)C(F)F. The molecule has 2 aromatic heterocycles. The fourth-order valence-electron chi connectivity index (χ4n) is 3.02. The number of halogens is 5. The smallest absolute Gasteiger partial charge is 0.354 e. The van der Waals surface area contributed by atoms with E-state index in [0.29, 0.717) is 17.2 Å². The van der Waals surface area contributed by atoms with Crippen LogP contribution >= 0.6 is 0 Å². The van der Waals surface area contributed by atoms with Crippen LogP contribution in [-0.4, -0.2) is 57.4 Å². The van der Waals surface area contributed by atoms with E-state index in [-0.39, 0.29) is 25.3 Å². The van der Waals surface area contributed by atoms with Crippen molar-refractivity contribution in [2.45, 2.75) is 25.1 Å². The van der Waals surface area contributed by atoms with Crippen LogP contribution < -0.4 is 10.6 Å². The van der Waals surface area contributed by atoms with Gasteiger partial charge in [0.2, 0.25) is 0 Å². The van der Waals surface area contributed by atoms with Crippen LogP contribution in [-0.2, 0) is 0 Å². The van der Waals surface area contributed by atoms with Crippen molar-refractivity contribution in [2.24, 2.45) is 11.7 Å². The first-order chi connectivity index (χ1) is 13.6. The second-order valence-electron chi connectivity index (χ2n) is 6.67. The number of nitrogens with zero attached hydrogens (tertiary/aromatic N) is 4. The number of alkyl halides is 5. The van der Waals surface area contributed by atoms with E-state index < -0.39 is 30.3 Å². The van der Waals surface area contributed by atoms with Crippen LogP contribution in [0.15, 0.2) is 24.7 Å². The number of hydrogen-bond acceptors (Lipinski definition) is 6. The maximum atomic E-state index is 13.1. The van der Waals surface area contributed by atoms with Crippen molar-refractivity contribution in [3.8, 4) is 11.4 Å². The Kier molecular flexibility index (Phi) is 5.91. The molecule has 0 aliphatic carbocycles. The summed E-state index contributed by atoms with van der Waals surface area (Å²) in [6.45, 7) is -0.0178. The number of imidazole rings is 1. The van der Waals surface area contributed by atoms with Gasteiger partial charge in [0.15, 0.2) is 0 Å². The van der Waals surface area contributed by atoms with E-state index in [1.54, 1.807) is 0 Å². The Morgan fingerprint density at radius 3 is 2.72 bits per heavy atom. The number of nitrogens with two attached hydrogens (primary N) is 1. The van der Waals surface area contributed by atoms with Crippen LogP contribution in [0.4, 0.5) is 27.8 Å². The van der Waals surface area contributed by atoms with E-state index in [0.717, 1.165) is 6.08 Å². The van der Waals surface area contributed by atoms with E-state index in [1.165, 1.54) is 29.6 Å². The van der Waals surface area contributed by atoms with Gasteiger partial charge in [-0.3, -0.25) is 5.41 Å². The molecule has 0 aromatic carbocycles.